The average Bonchev–Trinajstić information content (AvgIpc) is 2.00. The molecule has 10 heavy (non-hydrogen) atoms. The first-order valence-electron chi connectivity index (χ1n) is 3.72. The molecule has 0 unspecified atom stereocenters. The summed E-state index contributed by atoms with van der Waals surface area (Å²) in [4.78, 5) is 9.99. The van der Waals surface area contributed by atoms with Crippen LogP contribution in [0.1, 0.15) is 27.2 Å². The zero-order valence-corrected chi connectivity index (χ0v) is 6.80. The fraction of sp³-hybridized carbons (Fsp3) is 0.875. The van der Waals surface area contributed by atoms with E-state index < -0.39 is 6.17 Å². The highest BCUT2D eigenvalue weighted by Crippen LogP contribution is 2.18. The first-order chi connectivity index (χ1) is 4.63. The van der Waals surface area contributed by atoms with Crippen LogP contribution < -0.4 is 0 Å². The second kappa shape index (κ2) is 4.42. The first-order valence-corrected chi connectivity index (χ1v) is 3.72. The lowest BCUT2D eigenvalue weighted by atomic mass is 9.90. The van der Waals surface area contributed by atoms with Crippen molar-refractivity contribution in [1.29, 1.82) is 0 Å². The molecule has 1 nitrogen and oxygen atoms in total. The van der Waals surface area contributed by atoms with Gasteiger partial charge in [-0.2, -0.15) is 0 Å². The normalized spacial score (nSPS) is 19.6. The number of hydrogen-bond acceptors (Lipinski definition) is 1. The molecule has 0 aromatic rings. The fourth-order valence-corrected chi connectivity index (χ4v) is 0.810. The molecular formula is C8H15FO. The Hall–Kier alpha value is -0.400. The summed E-state index contributed by atoms with van der Waals surface area (Å²) in [5, 5.41) is 0. The van der Waals surface area contributed by atoms with Crippen LogP contribution in [0.25, 0.3) is 0 Å². The van der Waals surface area contributed by atoms with E-state index in [9.17, 15) is 9.18 Å². The lowest BCUT2D eigenvalue weighted by molar-refractivity contribution is -0.114. The molecule has 0 rings (SSSR count). The van der Waals surface area contributed by atoms with Crippen molar-refractivity contribution in [3.63, 3.8) is 0 Å². The minimum absolute atomic E-state index is 0.137. The topological polar surface area (TPSA) is 17.1 Å². The number of carbonyl (C=O) groups excluding carboxylic acids is 1. The third-order valence-electron chi connectivity index (χ3n) is 2.17. The maximum Gasteiger partial charge on any atom is 0.158 e. The monoisotopic (exact) mass is 146 g/mol. The molecule has 0 fully saturated rings. The Morgan fingerprint density at radius 1 is 1.50 bits per heavy atom. The summed E-state index contributed by atoms with van der Waals surface area (Å²) in [6.07, 6.45) is 0.0293. The zero-order valence-electron chi connectivity index (χ0n) is 6.80. The quantitative estimate of drug-likeness (QED) is 0.556. The second-order valence-corrected chi connectivity index (χ2v) is 2.83. The van der Waals surface area contributed by atoms with Crippen LogP contribution in [0.5, 0.6) is 0 Å². The minimum Gasteiger partial charge on any atom is -0.300 e. The second-order valence-electron chi connectivity index (χ2n) is 2.83. The van der Waals surface area contributed by atoms with E-state index in [0.717, 1.165) is 6.42 Å². The van der Waals surface area contributed by atoms with Crippen LogP contribution in [0.4, 0.5) is 4.39 Å². The summed E-state index contributed by atoms with van der Waals surface area (Å²) in [7, 11) is 0. The maximum absolute atomic E-state index is 12.6. The Labute approximate surface area is 61.6 Å². The summed E-state index contributed by atoms with van der Waals surface area (Å²) in [6, 6.07) is 0. The third-order valence-corrected chi connectivity index (χ3v) is 2.17. The van der Waals surface area contributed by atoms with Gasteiger partial charge in [0, 0.05) is 0 Å². The summed E-state index contributed by atoms with van der Waals surface area (Å²) in [5.41, 5.74) is 0. The van der Waals surface area contributed by atoms with Crippen LogP contribution in [-0.2, 0) is 4.79 Å². The van der Waals surface area contributed by atoms with Gasteiger partial charge in [-0.05, 0) is 11.8 Å². The number of carbonyl (C=O) groups is 1. The molecule has 0 aliphatic rings. The third kappa shape index (κ3) is 2.46. The molecule has 0 saturated heterocycles. The van der Waals surface area contributed by atoms with E-state index in [4.69, 9.17) is 0 Å². The molecule has 0 amide bonds. The largest absolute Gasteiger partial charge is 0.300 e. The van der Waals surface area contributed by atoms with E-state index in [0.29, 0.717) is 12.2 Å². The standard InChI is InChI=1S/C8H15FO/c1-4-6(2)7(3)8(9)5-10/h5-8H,4H2,1-3H3/t6-,7+,8+/m0/s1. The predicted molar refractivity (Wildman–Crippen MR) is 39.6 cm³/mol. The first kappa shape index (κ1) is 9.60. The van der Waals surface area contributed by atoms with Gasteiger partial charge >= 0.3 is 0 Å². The lowest BCUT2D eigenvalue weighted by Gasteiger charge is -2.17. The van der Waals surface area contributed by atoms with Crippen molar-refractivity contribution in [3.05, 3.63) is 0 Å². The van der Waals surface area contributed by atoms with Gasteiger partial charge < -0.3 is 4.79 Å². The predicted octanol–water partition coefficient (Wildman–Crippen LogP) is 2.21. The van der Waals surface area contributed by atoms with Crippen molar-refractivity contribution in [2.45, 2.75) is 33.4 Å². The molecule has 0 radical (unpaired) electrons. The number of alkyl halides is 1. The van der Waals surface area contributed by atoms with E-state index in [1.54, 1.807) is 6.92 Å². The molecule has 0 N–H and O–H groups in total. The van der Waals surface area contributed by atoms with Crippen LogP contribution in [0, 0.1) is 11.8 Å². The number of aldehydes is 1. The number of hydrogen-bond donors (Lipinski definition) is 0. The van der Waals surface area contributed by atoms with Gasteiger partial charge in [0.1, 0.15) is 0 Å². The fourth-order valence-electron chi connectivity index (χ4n) is 0.810. The van der Waals surface area contributed by atoms with Crippen LogP contribution in [0.3, 0.4) is 0 Å². The van der Waals surface area contributed by atoms with Gasteiger partial charge in [0.2, 0.25) is 0 Å². The highest BCUT2D eigenvalue weighted by atomic mass is 19.1. The van der Waals surface area contributed by atoms with E-state index in [-0.39, 0.29) is 5.92 Å². The Morgan fingerprint density at radius 2 is 2.00 bits per heavy atom. The molecule has 0 aliphatic heterocycles. The summed E-state index contributed by atoms with van der Waals surface area (Å²) in [6.45, 7) is 5.73. The molecule has 0 saturated carbocycles. The van der Waals surface area contributed by atoms with Gasteiger partial charge in [0.15, 0.2) is 12.5 Å². The molecule has 0 aliphatic carbocycles. The Kier molecular flexibility index (Phi) is 4.24. The van der Waals surface area contributed by atoms with E-state index >= 15 is 0 Å². The van der Waals surface area contributed by atoms with Gasteiger partial charge in [-0.3, -0.25) is 0 Å². The molecule has 60 valence electrons. The van der Waals surface area contributed by atoms with E-state index in [1.165, 1.54) is 0 Å². The van der Waals surface area contributed by atoms with Crippen LogP contribution >= 0.6 is 0 Å². The molecule has 3 atom stereocenters. The molecule has 0 aromatic heterocycles. The highest BCUT2D eigenvalue weighted by molar-refractivity contribution is 5.56. The lowest BCUT2D eigenvalue weighted by Crippen LogP contribution is -2.20. The maximum atomic E-state index is 12.6. The van der Waals surface area contributed by atoms with E-state index in [2.05, 4.69) is 0 Å². The summed E-state index contributed by atoms with van der Waals surface area (Å²) in [5.74, 6) is 0.155. The van der Waals surface area contributed by atoms with Crippen molar-refractivity contribution in [1.82, 2.24) is 0 Å². The molecule has 0 spiro atoms. The molecule has 0 aromatic carbocycles. The Morgan fingerprint density at radius 3 is 2.30 bits per heavy atom. The van der Waals surface area contributed by atoms with Crippen molar-refractivity contribution in [2.24, 2.45) is 11.8 Å². The van der Waals surface area contributed by atoms with Crippen LogP contribution in [0.2, 0.25) is 0 Å². The van der Waals surface area contributed by atoms with Crippen LogP contribution in [0.15, 0.2) is 0 Å². The summed E-state index contributed by atoms with van der Waals surface area (Å²) < 4.78 is 12.6. The van der Waals surface area contributed by atoms with Crippen molar-refractivity contribution < 1.29 is 9.18 Å². The minimum atomic E-state index is -1.28. The Balaban J connectivity index is 3.80. The van der Waals surface area contributed by atoms with Gasteiger partial charge in [-0.1, -0.05) is 27.2 Å². The summed E-state index contributed by atoms with van der Waals surface area (Å²) >= 11 is 0. The van der Waals surface area contributed by atoms with Crippen molar-refractivity contribution >= 4 is 6.29 Å². The highest BCUT2D eigenvalue weighted by Gasteiger charge is 2.19. The van der Waals surface area contributed by atoms with Gasteiger partial charge in [-0.25, -0.2) is 4.39 Å². The Bertz CT molecular complexity index is 103. The molecular weight excluding hydrogens is 131 g/mol. The van der Waals surface area contributed by atoms with Gasteiger partial charge in [-0.15, -0.1) is 0 Å². The van der Waals surface area contributed by atoms with Gasteiger partial charge in [0.25, 0.3) is 0 Å². The van der Waals surface area contributed by atoms with Crippen LogP contribution in [-0.4, -0.2) is 12.5 Å². The smallest absolute Gasteiger partial charge is 0.158 e. The van der Waals surface area contributed by atoms with Gasteiger partial charge in [0.05, 0.1) is 0 Å². The number of rotatable bonds is 4. The van der Waals surface area contributed by atoms with Crippen molar-refractivity contribution in [2.75, 3.05) is 0 Å². The van der Waals surface area contributed by atoms with Crippen molar-refractivity contribution in [3.8, 4) is 0 Å². The van der Waals surface area contributed by atoms with E-state index in [1.807, 2.05) is 13.8 Å². The SMILES string of the molecule is CC[C@H](C)[C@@H](C)[C@H](F)C=O. The molecule has 0 heterocycles. The zero-order chi connectivity index (χ0) is 8.15. The molecule has 0 bridgehead atoms. The average molecular weight is 146 g/mol. The number of halogens is 1. The molecule has 2 heteroatoms.